The van der Waals surface area contributed by atoms with Crippen LogP contribution in [0.25, 0.3) is 6.08 Å². The maximum Gasteiger partial charge on any atom is 0.331 e. The molecule has 0 amide bonds. The summed E-state index contributed by atoms with van der Waals surface area (Å²) in [5.41, 5.74) is 0.915. The van der Waals surface area contributed by atoms with Gasteiger partial charge in [-0.25, -0.2) is 4.79 Å². The summed E-state index contributed by atoms with van der Waals surface area (Å²) in [6.45, 7) is 7.61. The van der Waals surface area contributed by atoms with E-state index < -0.39 is 18.0 Å². The number of hydrogen-bond acceptors (Lipinski definition) is 4. The minimum Gasteiger partial charge on any atom is -0.466 e. The lowest BCUT2D eigenvalue weighted by atomic mass is 9.91. The molecule has 0 aliphatic rings. The average molecular weight is 304 g/mol. The van der Waals surface area contributed by atoms with Gasteiger partial charge in [-0.05, 0) is 31.4 Å². The molecule has 0 N–H and O–H groups in total. The van der Waals surface area contributed by atoms with Gasteiger partial charge in [0.15, 0.2) is 0 Å². The van der Waals surface area contributed by atoms with Crippen LogP contribution >= 0.6 is 0 Å². The first-order valence-electron chi connectivity index (χ1n) is 7.56. The van der Waals surface area contributed by atoms with E-state index in [9.17, 15) is 9.59 Å². The summed E-state index contributed by atoms with van der Waals surface area (Å²) in [6, 6.07) is 9.47. The Bertz CT molecular complexity index is 505. The Hall–Kier alpha value is -2.10. The van der Waals surface area contributed by atoms with Crippen LogP contribution in [0.2, 0.25) is 0 Å². The highest BCUT2D eigenvalue weighted by molar-refractivity contribution is 5.87. The van der Waals surface area contributed by atoms with E-state index in [0.29, 0.717) is 6.61 Å². The molecule has 4 heteroatoms. The van der Waals surface area contributed by atoms with Crippen LogP contribution in [0.4, 0.5) is 0 Å². The van der Waals surface area contributed by atoms with Gasteiger partial charge in [0.25, 0.3) is 0 Å². The van der Waals surface area contributed by atoms with Crippen molar-refractivity contribution in [2.75, 3.05) is 6.61 Å². The highest BCUT2D eigenvalue weighted by Crippen LogP contribution is 2.20. The van der Waals surface area contributed by atoms with Gasteiger partial charge in [-0.3, -0.25) is 4.79 Å². The molecule has 0 fully saturated rings. The van der Waals surface area contributed by atoms with E-state index in [1.807, 2.05) is 44.2 Å². The first kappa shape index (κ1) is 18.0. The minimum atomic E-state index is -0.535. The van der Waals surface area contributed by atoms with E-state index >= 15 is 0 Å². The van der Waals surface area contributed by atoms with Gasteiger partial charge >= 0.3 is 11.9 Å². The van der Waals surface area contributed by atoms with Crippen molar-refractivity contribution in [3.05, 3.63) is 42.0 Å². The van der Waals surface area contributed by atoms with Crippen molar-refractivity contribution in [3.63, 3.8) is 0 Å². The Morgan fingerprint density at radius 1 is 1.14 bits per heavy atom. The van der Waals surface area contributed by atoms with Gasteiger partial charge in [-0.15, -0.1) is 0 Å². The van der Waals surface area contributed by atoms with Gasteiger partial charge in [0.05, 0.1) is 12.5 Å². The number of ether oxygens (including phenoxy) is 2. The summed E-state index contributed by atoms with van der Waals surface area (Å²) in [4.78, 5) is 23.8. The lowest BCUT2D eigenvalue weighted by molar-refractivity contribution is -0.160. The molecule has 0 saturated heterocycles. The molecular weight excluding hydrogens is 280 g/mol. The van der Waals surface area contributed by atoms with Crippen LogP contribution in [-0.2, 0) is 19.1 Å². The lowest BCUT2D eigenvalue weighted by Crippen LogP contribution is -2.35. The van der Waals surface area contributed by atoms with Crippen molar-refractivity contribution < 1.29 is 19.1 Å². The third kappa shape index (κ3) is 5.72. The largest absolute Gasteiger partial charge is 0.466 e. The zero-order valence-electron chi connectivity index (χ0n) is 13.6. The maximum atomic E-state index is 12.0. The molecule has 2 atom stereocenters. The van der Waals surface area contributed by atoms with E-state index in [-0.39, 0.29) is 11.9 Å². The van der Waals surface area contributed by atoms with Crippen LogP contribution in [-0.4, -0.2) is 24.6 Å². The number of hydrogen-bond donors (Lipinski definition) is 0. The molecule has 22 heavy (non-hydrogen) atoms. The van der Waals surface area contributed by atoms with Crippen molar-refractivity contribution in [2.45, 2.75) is 33.8 Å². The molecule has 0 spiro atoms. The molecule has 0 bridgehead atoms. The highest BCUT2D eigenvalue weighted by atomic mass is 16.6. The van der Waals surface area contributed by atoms with Crippen molar-refractivity contribution in [1.82, 2.24) is 0 Å². The van der Waals surface area contributed by atoms with Crippen LogP contribution in [0, 0.1) is 11.8 Å². The fourth-order valence-corrected chi connectivity index (χ4v) is 2.27. The normalized spacial score (nSPS) is 13.9. The van der Waals surface area contributed by atoms with Crippen LogP contribution < -0.4 is 0 Å². The van der Waals surface area contributed by atoms with Crippen molar-refractivity contribution in [3.8, 4) is 0 Å². The summed E-state index contributed by atoms with van der Waals surface area (Å²) in [5.74, 6) is -1.23. The van der Waals surface area contributed by atoms with Gasteiger partial charge in [0.1, 0.15) is 6.10 Å². The van der Waals surface area contributed by atoms with E-state index in [1.54, 1.807) is 19.9 Å². The molecule has 0 aliphatic carbocycles. The number of esters is 2. The summed E-state index contributed by atoms with van der Waals surface area (Å²) in [5, 5.41) is 0. The molecule has 120 valence electrons. The molecule has 2 unspecified atom stereocenters. The number of rotatable bonds is 7. The molecule has 0 radical (unpaired) electrons. The molecular formula is C18H24O4. The van der Waals surface area contributed by atoms with Crippen LogP contribution in [0.3, 0.4) is 0 Å². The standard InChI is InChI=1S/C18H24O4/c1-5-21-18(20)17(13(2)3)14(4)22-16(19)12-11-15-9-7-6-8-10-15/h6-14,17H,5H2,1-4H3. The van der Waals surface area contributed by atoms with E-state index in [2.05, 4.69) is 0 Å². The monoisotopic (exact) mass is 304 g/mol. The molecule has 0 aliphatic heterocycles. The topological polar surface area (TPSA) is 52.6 Å². The van der Waals surface area contributed by atoms with Crippen LogP contribution in [0.5, 0.6) is 0 Å². The van der Waals surface area contributed by atoms with Crippen molar-refractivity contribution >= 4 is 18.0 Å². The number of benzene rings is 1. The maximum absolute atomic E-state index is 12.0. The Morgan fingerprint density at radius 3 is 2.32 bits per heavy atom. The third-order valence-corrected chi connectivity index (χ3v) is 3.30. The fraction of sp³-hybridized carbons (Fsp3) is 0.444. The third-order valence-electron chi connectivity index (χ3n) is 3.30. The predicted octanol–water partition coefficient (Wildman–Crippen LogP) is 3.47. The highest BCUT2D eigenvalue weighted by Gasteiger charge is 2.31. The van der Waals surface area contributed by atoms with E-state index in [0.717, 1.165) is 5.56 Å². The van der Waals surface area contributed by atoms with E-state index in [1.165, 1.54) is 6.08 Å². The summed E-state index contributed by atoms with van der Waals surface area (Å²) in [6.07, 6.45) is 2.52. The zero-order chi connectivity index (χ0) is 16.5. The second kappa shape index (κ2) is 9.03. The summed E-state index contributed by atoms with van der Waals surface area (Å²) < 4.78 is 10.4. The molecule has 4 nitrogen and oxygen atoms in total. The number of carbonyl (C=O) groups excluding carboxylic acids is 2. The molecule has 1 rings (SSSR count). The molecule has 1 aromatic rings. The van der Waals surface area contributed by atoms with Crippen LogP contribution in [0.1, 0.15) is 33.3 Å². The first-order chi connectivity index (χ1) is 10.5. The van der Waals surface area contributed by atoms with Crippen molar-refractivity contribution in [1.29, 1.82) is 0 Å². The Kier molecular flexibility index (Phi) is 7.37. The van der Waals surface area contributed by atoms with Gasteiger partial charge in [-0.1, -0.05) is 44.2 Å². The Labute approximate surface area is 132 Å². The fourth-order valence-electron chi connectivity index (χ4n) is 2.27. The quantitative estimate of drug-likeness (QED) is 0.572. The Balaban J connectivity index is 2.64. The first-order valence-corrected chi connectivity index (χ1v) is 7.56. The predicted molar refractivity (Wildman–Crippen MR) is 86.0 cm³/mol. The van der Waals surface area contributed by atoms with Crippen LogP contribution in [0.15, 0.2) is 36.4 Å². The number of carbonyl (C=O) groups is 2. The minimum absolute atomic E-state index is 0.0277. The summed E-state index contributed by atoms with van der Waals surface area (Å²) in [7, 11) is 0. The van der Waals surface area contributed by atoms with Crippen molar-refractivity contribution in [2.24, 2.45) is 11.8 Å². The average Bonchev–Trinajstić information content (AvgIpc) is 2.46. The van der Waals surface area contributed by atoms with Gasteiger partial charge in [0, 0.05) is 6.08 Å². The van der Waals surface area contributed by atoms with E-state index in [4.69, 9.17) is 9.47 Å². The van der Waals surface area contributed by atoms with Gasteiger partial charge < -0.3 is 9.47 Å². The second-order valence-electron chi connectivity index (χ2n) is 5.41. The smallest absolute Gasteiger partial charge is 0.331 e. The lowest BCUT2D eigenvalue weighted by Gasteiger charge is -2.24. The summed E-state index contributed by atoms with van der Waals surface area (Å²) >= 11 is 0. The second-order valence-corrected chi connectivity index (χ2v) is 5.41. The molecule has 0 heterocycles. The van der Waals surface area contributed by atoms with Gasteiger partial charge in [-0.2, -0.15) is 0 Å². The molecule has 0 aromatic heterocycles. The molecule has 0 saturated carbocycles. The molecule has 1 aromatic carbocycles. The SMILES string of the molecule is CCOC(=O)C(C(C)C)C(C)OC(=O)C=Cc1ccccc1. The van der Waals surface area contributed by atoms with Gasteiger partial charge in [0.2, 0.25) is 0 Å². The Morgan fingerprint density at radius 2 is 1.77 bits per heavy atom. The zero-order valence-corrected chi connectivity index (χ0v) is 13.6.